The first-order chi connectivity index (χ1) is 14.5. The van der Waals surface area contributed by atoms with Crippen LogP contribution in [0.4, 0.5) is 0 Å². The first-order valence-corrected chi connectivity index (χ1v) is 12.7. The van der Waals surface area contributed by atoms with E-state index in [0.717, 1.165) is 31.8 Å². The van der Waals surface area contributed by atoms with Crippen LogP contribution in [0, 0.1) is 23.2 Å². The van der Waals surface area contributed by atoms with Crippen molar-refractivity contribution < 1.29 is 24.4 Å². The molecule has 0 bridgehead atoms. The molecular formula is C25H42N2O3+2. The normalized spacial score (nSPS) is 47.2. The molecule has 30 heavy (non-hydrogen) atoms. The fraction of sp³-hybridized carbons (Fsp3) is 0.880. The molecule has 0 aromatic rings. The Bertz CT molecular complexity index is 680. The van der Waals surface area contributed by atoms with Crippen LogP contribution < -0.4 is 9.80 Å². The number of nitrogens with one attached hydrogen (secondary N) is 2. The summed E-state index contributed by atoms with van der Waals surface area (Å²) in [6, 6.07) is 0.826. The molecule has 168 valence electrons. The first-order valence-electron chi connectivity index (χ1n) is 12.7. The maximum atomic E-state index is 12.9. The number of likely N-dealkylation sites (tertiary alicyclic amines) is 2. The SMILES string of the molecule is C[C@H]1CCC=C2C[C@H]3OC(=O)[C@@H](C[NH+]4CCC([NH+]5CCCCC5)CC4)[C@H]3[C@@H](O)[C@@]21C. The van der Waals surface area contributed by atoms with Crippen LogP contribution in [0.25, 0.3) is 0 Å². The van der Waals surface area contributed by atoms with Crippen molar-refractivity contribution in [3.05, 3.63) is 11.6 Å². The predicted molar refractivity (Wildman–Crippen MR) is 115 cm³/mol. The van der Waals surface area contributed by atoms with Crippen molar-refractivity contribution in [3.8, 4) is 0 Å². The molecule has 0 aromatic heterocycles. The smallest absolute Gasteiger partial charge is 0.315 e. The van der Waals surface area contributed by atoms with E-state index in [0.29, 0.717) is 5.92 Å². The van der Waals surface area contributed by atoms with Crippen molar-refractivity contribution in [3.63, 3.8) is 0 Å². The highest BCUT2D eigenvalue weighted by Crippen LogP contribution is 2.55. The molecule has 5 rings (SSSR count). The topological polar surface area (TPSA) is 55.4 Å². The van der Waals surface area contributed by atoms with Gasteiger partial charge in [-0.25, -0.2) is 0 Å². The zero-order valence-corrected chi connectivity index (χ0v) is 19.0. The maximum Gasteiger partial charge on any atom is 0.315 e. The zero-order chi connectivity index (χ0) is 20.9. The fourth-order valence-electron chi connectivity index (χ4n) is 7.66. The van der Waals surface area contributed by atoms with Gasteiger partial charge in [0.2, 0.25) is 0 Å². The molecular weight excluding hydrogens is 376 g/mol. The quantitative estimate of drug-likeness (QED) is 0.459. The van der Waals surface area contributed by atoms with Gasteiger partial charge in [-0.05, 0) is 38.0 Å². The summed E-state index contributed by atoms with van der Waals surface area (Å²) in [5.74, 6) is 0.251. The van der Waals surface area contributed by atoms with Crippen LogP contribution in [0.5, 0.6) is 0 Å². The molecule has 6 atom stereocenters. The number of fused-ring (bicyclic) bond motifs is 2. The van der Waals surface area contributed by atoms with Gasteiger partial charge in [0.15, 0.2) is 0 Å². The van der Waals surface area contributed by atoms with E-state index in [4.69, 9.17) is 4.74 Å². The van der Waals surface area contributed by atoms with Gasteiger partial charge in [0.05, 0.1) is 44.9 Å². The molecule has 0 unspecified atom stereocenters. The average Bonchev–Trinajstić information content (AvgIpc) is 3.07. The number of quaternary nitrogens is 2. The third-order valence-electron chi connectivity index (χ3n) is 9.84. The van der Waals surface area contributed by atoms with Gasteiger partial charge in [0.1, 0.15) is 12.0 Å². The Balaban J connectivity index is 1.25. The number of hydrogen-bond acceptors (Lipinski definition) is 3. The van der Waals surface area contributed by atoms with E-state index in [9.17, 15) is 9.90 Å². The Morgan fingerprint density at radius 2 is 1.87 bits per heavy atom. The molecule has 0 aromatic carbocycles. The summed E-state index contributed by atoms with van der Waals surface area (Å²) in [5, 5.41) is 11.5. The fourth-order valence-corrected chi connectivity index (χ4v) is 7.66. The van der Waals surface area contributed by atoms with E-state index >= 15 is 0 Å². The highest BCUT2D eigenvalue weighted by Gasteiger charge is 2.60. The molecule has 3 N–H and O–H groups in total. The molecule has 3 aliphatic heterocycles. The molecule has 3 saturated heterocycles. The second kappa shape index (κ2) is 8.22. The van der Waals surface area contributed by atoms with Gasteiger partial charge < -0.3 is 19.6 Å². The maximum absolute atomic E-state index is 12.9. The third-order valence-corrected chi connectivity index (χ3v) is 9.84. The monoisotopic (exact) mass is 418 g/mol. The lowest BCUT2D eigenvalue weighted by atomic mass is 9.55. The minimum atomic E-state index is -0.469. The van der Waals surface area contributed by atoms with Crippen molar-refractivity contribution in [1.82, 2.24) is 0 Å². The number of allylic oxidation sites excluding steroid dienone is 1. The highest BCUT2D eigenvalue weighted by molar-refractivity contribution is 5.76. The Labute approximate surface area is 181 Å². The van der Waals surface area contributed by atoms with Crippen LogP contribution >= 0.6 is 0 Å². The first kappa shape index (κ1) is 21.0. The second-order valence-electron chi connectivity index (χ2n) is 11.2. The van der Waals surface area contributed by atoms with E-state index in [1.807, 2.05) is 4.90 Å². The molecule has 0 amide bonds. The molecule has 1 saturated carbocycles. The Morgan fingerprint density at radius 3 is 2.60 bits per heavy atom. The minimum Gasteiger partial charge on any atom is -0.461 e. The number of rotatable bonds is 3. The Kier molecular flexibility index (Phi) is 5.74. The lowest BCUT2D eigenvalue weighted by Gasteiger charge is -2.51. The summed E-state index contributed by atoms with van der Waals surface area (Å²) in [4.78, 5) is 16.3. The molecule has 4 fully saturated rings. The van der Waals surface area contributed by atoms with Gasteiger partial charge in [0, 0.05) is 30.6 Å². The average molecular weight is 419 g/mol. The zero-order valence-electron chi connectivity index (χ0n) is 19.0. The molecule has 5 aliphatic rings. The standard InChI is InChI=1S/C25H40N2O3/c1-17-7-6-8-18-15-21-22(23(28)25(17,18)2)20(24(29)30-21)16-26-13-9-19(10-14-26)27-11-4-3-5-12-27/h8,17,19-23,28H,3-7,9-16H2,1-2H3/p+2/t17-,20-,21+,22+,23+,25+/m0/s1. The van der Waals surface area contributed by atoms with E-state index < -0.39 is 6.10 Å². The summed E-state index contributed by atoms with van der Waals surface area (Å²) in [7, 11) is 0. The molecule has 3 heterocycles. The van der Waals surface area contributed by atoms with Crippen LogP contribution in [0.3, 0.4) is 0 Å². The van der Waals surface area contributed by atoms with Gasteiger partial charge >= 0.3 is 5.97 Å². The van der Waals surface area contributed by atoms with Gasteiger partial charge in [0.25, 0.3) is 0 Å². The summed E-state index contributed by atoms with van der Waals surface area (Å²) in [6.07, 6.45) is 11.6. The molecule has 0 radical (unpaired) electrons. The Morgan fingerprint density at radius 1 is 1.13 bits per heavy atom. The third kappa shape index (κ3) is 3.45. The van der Waals surface area contributed by atoms with Gasteiger partial charge in [-0.15, -0.1) is 0 Å². The number of ether oxygens (including phenoxy) is 1. The van der Waals surface area contributed by atoms with Gasteiger partial charge in [-0.3, -0.25) is 4.79 Å². The van der Waals surface area contributed by atoms with E-state index in [2.05, 4.69) is 19.9 Å². The van der Waals surface area contributed by atoms with Crippen molar-refractivity contribution in [2.75, 3.05) is 32.7 Å². The van der Waals surface area contributed by atoms with Gasteiger partial charge in [-0.1, -0.05) is 25.5 Å². The van der Waals surface area contributed by atoms with Crippen molar-refractivity contribution in [2.45, 2.75) is 83.5 Å². The van der Waals surface area contributed by atoms with Crippen LogP contribution in [0.2, 0.25) is 0 Å². The molecule has 5 heteroatoms. The lowest BCUT2D eigenvalue weighted by Crippen LogP contribution is -3.21. The van der Waals surface area contributed by atoms with Crippen LogP contribution in [-0.2, 0) is 9.53 Å². The summed E-state index contributed by atoms with van der Waals surface area (Å²) in [6.45, 7) is 10.4. The van der Waals surface area contributed by atoms with E-state index in [-0.39, 0.29) is 29.3 Å². The van der Waals surface area contributed by atoms with Crippen LogP contribution in [-0.4, -0.2) is 62.0 Å². The van der Waals surface area contributed by atoms with Crippen molar-refractivity contribution in [2.24, 2.45) is 23.2 Å². The number of carbonyl (C=O) groups is 1. The molecule has 5 nitrogen and oxygen atoms in total. The molecule has 0 spiro atoms. The number of esters is 1. The number of carbonyl (C=O) groups excluding carboxylic acids is 1. The van der Waals surface area contributed by atoms with E-state index in [1.54, 1.807) is 4.90 Å². The molecule has 2 aliphatic carbocycles. The predicted octanol–water partition coefficient (Wildman–Crippen LogP) is 0.388. The van der Waals surface area contributed by atoms with Crippen LogP contribution in [0.15, 0.2) is 11.6 Å². The van der Waals surface area contributed by atoms with Gasteiger partial charge in [-0.2, -0.15) is 0 Å². The van der Waals surface area contributed by atoms with Crippen LogP contribution in [0.1, 0.15) is 65.2 Å². The number of piperidine rings is 2. The van der Waals surface area contributed by atoms with Crippen molar-refractivity contribution in [1.29, 1.82) is 0 Å². The number of aliphatic hydroxyl groups is 1. The van der Waals surface area contributed by atoms with Crippen molar-refractivity contribution >= 4 is 5.97 Å². The summed E-state index contributed by atoms with van der Waals surface area (Å²) >= 11 is 0. The highest BCUT2D eigenvalue weighted by atomic mass is 16.6. The number of aliphatic hydroxyl groups excluding tert-OH is 1. The largest absolute Gasteiger partial charge is 0.461 e. The second-order valence-corrected chi connectivity index (χ2v) is 11.2. The number of hydrogen-bond donors (Lipinski definition) is 3. The summed E-state index contributed by atoms with van der Waals surface area (Å²) < 4.78 is 5.88. The summed E-state index contributed by atoms with van der Waals surface area (Å²) in [5.41, 5.74) is 1.15. The minimum absolute atomic E-state index is 0.0295. The lowest BCUT2D eigenvalue weighted by molar-refractivity contribution is -0.961. The Hall–Kier alpha value is -0.910. The van der Waals surface area contributed by atoms with E-state index in [1.165, 1.54) is 63.9 Å².